The molecule has 1 amide bonds. The summed E-state index contributed by atoms with van der Waals surface area (Å²) in [5, 5.41) is 16.7. The first-order chi connectivity index (χ1) is 21.0. The third-order valence-corrected chi connectivity index (χ3v) is 16.6. The Bertz CT molecular complexity index is 1540. The summed E-state index contributed by atoms with van der Waals surface area (Å²) in [7, 11) is -2.18. The number of amides is 1. The van der Waals surface area contributed by atoms with Crippen LogP contribution >= 0.6 is 23.5 Å². The predicted molar refractivity (Wildman–Crippen MR) is 182 cm³/mol. The molecule has 2 heterocycles. The van der Waals surface area contributed by atoms with Crippen LogP contribution in [-0.2, 0) is 13.3 Å². The van der Waals surface area contributed by atoms with Crippen LogP contribution in [0.3, 0.4) is 0 Å². The van der Waals surface area contributed by atoms with Crippen LogP contribution in [0.1, 0.15) is 57.3 Å². The van der Waals surface area contributed by atoms with Crippen LogP contribution in [0, 0.1) is 0 Å². The molecule has 4 rings (SSSR count). The normalized spacial score (nSPS) is 16.2. The van der Waals surface area contributed by atoms with Gasteiger partial charge in [0.1, 0.15) is 5.75 Å². The molecule has 7 nitrogen and oxygen atoms in total. The average molecular weight is 682 g/mol. The largest absolute Gasteiger partial charge is 0.506 e. The number of carbonyl (C=O) groups is 1. The molecule has 1 atom stereocenters. The van der Waals surface area contributed by atoms with Crippen molar-refractivity contribution in [3.05, 3.63) is 70.0 Å². The number of anilines is 1. The molecule has 0 saturated carbocycles. The Balaban J connectivity index is 1.40. The smallest absolute Gasteiger partial charge is 0.471 e. The highest BCUT2D eigenvalue weighted by Gasteiger charge is 2.41. The number of hydrogen-bond acceptors (Lipinski definition) is 7. The summed E-state index contributed by atoms with van der Waals surface area (Å²) < 4.78 is 44.6. The van der Waals surface area contributed by atoms with Crippen molar-refractivity contribution in [3.8, 4) is 5.75 Å². The van der Waals surface area contributed by atoms with Gasteiger partial charge in [0.15, 0.2) is 8.32 Å². The van der Waals surface area contributed by atoms with Gasteiger partial charge in [-0.3, -0.25) is 9.59 Å². The molecule has 0 unspecified atom stereocenters. The van der Waals surface area contributed by atoms with E-state index in [1.807, 2.05) is 47.0 Å². The minimum atomic E-state index is -4.93. The molecule has 0 spiro atoms. The number of nitrogens with one attached hydrogen (secondary N) is 3. The molecular weight excluding hydrogens is 640 g/mol. The Labute approximate surface area is 271 Å². The first kappa shape index (κ1) is 35.4. The van der Waals surface area contributed by atoms with E-state index < -0.39 is 20.4 Å². The van der Waals surface area contributed by atoms with Gasteiger partial charge in [-0.25, -0.2) is 0 Å². The standard InChI is InChI=1S/C32H42F3N3O4S2Si/c1-30(2,3)45(4,5)42-26(23-12-14-25(39)28-24(23)13-15-27(40)38-28)20-36-17-7-6-16-31(43-18-19-44-31)21-8-10-22(11-9-21)37-29(41)32(33,34)35/h8-15,26,36,39H,6-7,16-20H2,1-5H3,(H,37,41)(H,38,40)/t26-/m0/s1. The number of aromatic hydroxyl groups is 1. The number of phenolic OH excluding ortho intramolecular Hbond substituents is 1. The summed E-state index contributed by atoms with van der Waals surface area (Å²) in [5.41, 5.74) is 2.18. The van der Waals surface area contributed by atoms with Crippen molar-refractivity contribution in [2.45, 2.75) is 74.5 Å². The molecule has 0 bridgehead atoms. The molecular formula is C32H42F3N3O4S2Si. The number of phenols is 1. The minimum Gasteiger partial charge on any atom is -0.506 e. The van der Waals surface area contributed by atoms with Gasteiger partial charge in [0.05, 0.1) is 15.7 Å². The van der Waals surface area contributed by atoms with E-state index in [0.717, 1.165) is 53.8 Å². The Hall–Kier alpha value is -2.45. The quantitative estimate of drug-likeness (QED) is 0.114. The maximum absolute atomic E-state index is 12.6. The van der Waals surface area contributed by atoms with E-state index in [4.69, 9.17) is 4.43 Å². The van der Waals surface area contributed by atoms with Crippen LogP contribution < -0.4 is 16.2 Å². The van der Waals surface area contributed by atoms with E-state index in [1.54, 1.807) is 12.1 Å². The van der Waals surface area contributed by atoms with E-state index in [0.29, 0.717) is 12.1 Å². The number of halogens is 3. The minimum absolute atomic E-state index is 0.0145. The zero-order valence-corrected chi connectivity index (χ0v) is 28.9. The summed E-state index contributed by atoms with van der Waals surface area (Å²) >= 11 is 3.72. The second-order valence-corrected chi connectivity index (χ2v) is 20.6. The summed E-state index contributed by atoms with van der Waals surface area (Å²) in [6, 6.07) is 13.4. The summed E-state index contributed by atoms with van der Waals surface area (Å²) in [6.45, 7) is 12.3. The second kappa shape index (κ2) is 14.1. The maximum Gasteiger partial charge on any atom is 0.471 e. The van der Waals surface area contributed by atoms with E-state index in [9.17, 15) is 27.9 Å². The van der Waals surface area contributed by atoms with Gasteiger partial charge < -0.3 is 25.2 Å². The molecule has 2 aromatic carbocycles. The Morgan fingerprint density at radius 1 is 1.04 bits per heavy atom. The molecule has 45 heavy (non-hydrogen) atoms. The molecule has 1 aliphatic rings. The predicted octanol–water partition coefficient (Wildman–Crippen LogP) is 7.89. The van der Waals surface area contributed by atoms with Gasteiger partial charge in [-0.05, 0) is 79.3 Å². The molecule has 1 aromatic heterocycles. The van der Waals surface area contributed by atoms with Crippen LogP contribution in [0.5, 0.6) is 5.75 Å². The lowest BCUT2D eigenvalue weighted by molar-refractivity contribution is -0.167. The number of hydrogen-bond donors (Lipinski definition) is 4. The number of fused-ring (bicyclic) bond motifs is 1. The number of alkyl halides is 3. The van der Waals surface area contributed by atoms with Crippen molar-refractivity contribution in [2.75, 3.05) is 29.9 Å². The number of unbranched alkanes of at least 4 members (excludes halogenated alkanes) is 1. The zero-order valence-electron chi connectivity index (χ0n) is 26.3. The lowest BCUT2D eigenvalue weighted by Crippen LogP contribution is -2.43. The Kier molecular flexibility index (Phi) is 11.1. The van der Waals surface area contributed by atoms with Gasteiger partial charge in [0, 0.05) is 35.2 Å². The van der Waals surface area contributed by atoms with Crippen molar-refractivity contribution in [1.82, 2.24) is 10.3 Å². The van der Waals surface area contributed by atoms with Gasteiger partial charge in [-0.1, -0.05) is 39.0 Å². The van der Waals surface area contributed by atoms with E-state index in [-0.39, 0.29) is 32.2 Å². The molecule has 3 aromatic rings. The maximum atomic E-state index is 12.6. The third-order valence-electron chi connectivity index (χ3n) is 8.53. The molecule has 4 N–H and O–H groups in total. The lowest BCUT2D eigenvalue weighted by atomic mass is 10.0. The average Bonchev–Trinajstić information content (AvgIpc) is 3.44. The van der Waals surface area contributed by atoms with Crippen molar-refractivity contribution >= 4 is 54.3 Å². The first-order valence-electron chi connectivity index (χ1n) is 15.0. The molecule has 1 saturated heterocycles. The summed E-state index contributed by atoms with van der Waals surface area (Å²) in [5.74, 6) is 0.0250. The fourth-order valence-electron chi connectivity index (χ4n) is 5.05. The van der Waals surface area contributed by atoms with Crippen LogP contribution in [0.4, 0.5) is 18.9 Å². The van der Waals surface area contributed by atoms with Crippen molar-refractivity contribution in [1.29, 1.82) is 0 Å². The fourth-order valence-corrected chi connectivity index (χ4v) is 9.67. The zero-order chi connectivity index (χ0) is 33.0. The highest BCUT2D eigenvalue weighted by Crippen LogP contribution is 2.55. The highest BCUT2D eigenvalue weighted by molar-refractivity contribution is 8.20. The van der Waals surface area contributed by atoms with Gasteiger partial charge in [-0.2, -0.15) is 13.2 Å². The van der Waals surface area contributed by atoms with Crippen molar-refractivity contribution in [2.24, 2.45) is 0 Å². The monoisotopic (exact) mass is 681 g/mol. The molecule has 0 radical (unpaired) electrons. The SMILES string of the molecule is CC(C)(C)[Si](C)(C)O[C@@H](CNCCCCC1(c2ccc(NC(=O)C(F)(F)F)cc2)SCCS1)c1ccc(O)c2[nH]c(=O)ccc12. The number of thioether (sulfide) groups is 2. The van der Waals surface area contributed by atoms with E-state index in [1.165, 1.54) is 18.2 Å². The highest BCUT2D eigenvalue weighted by atomic mass is 32.2. The Morgan fingerprint density at radius 2 is 1.71 bits per heavy atom. The van der Waals surface area contributed by atoms with Crippen molar-refractivity contribution < 1.29 is 27.5 Å². The number of benzene rings is 2. The number of aromatic amines is 1. The van der Waals surface area contributed by atoms with Crippen molar-refractivity contribution in [3.63, 3.8) is 0 Å². The first-order valence-corrected chi connectivity index (χ1v) is 19.9. The van der Waals surface area contributed by atoms with E-state index >= 15 is 0 Å². The Morgan fingerprint density at radius 3 is 2.33 bits per heavy atom. The molecule has 1 aliphatic heterocycles. The van der Waals surface area contributed by atoms with Gasteiger partial charge in [0.25, 0.3) is 0 Å². The second-order valence-electron chi connectivity index (χ2n) is 12.8. The topological polar surface area (TPSA) is 103 Å². The van der Waals surface area contributed by atoms with Gasteiger partial charge >= 0.3 is 12.1 Å². The number of pyridine rings is 1. The van der Waals surface area contributed by atoms with E-state index in [2.05, 4.69) is 44.2 Å². The number of aromatic nitrogens is 1. The van der Waals surface area contributed by atoms with Crippen LogP contribution in [0.25, 0.3) is 10.9 Å². The fraction of sp³-hybridized carbons (Fsp3) is 0.500. The molecule has 1 fully saturated rings. The molecule has 13 heteroatoms. The van der Waals surface area contributed by atoms with Gasteiger partial charge in [0.2, 0.25) is 5.56 Å². The lowest BCUT2D eigenvalue weighted by Gasteiger charge is -2.39. The van der Waals surface area contributed by atoms with Gasteiger partial charge in [-0.15, -0.1) is 23.5 Å². The number of carbonyl (C=O) groups excluding carboxylic acids is 1. The van der Waals surface area contributed by atoms with Crippen LogP contribution in [0.15, 0.2) is 53.3 Å². The van der Waals surface area contributed by atoms with Crippen LogP contribution in [0.2, 0.25) is 18.1 Å². The summed E-state index contributed by atoms with van der Waals surface area (Å²) in [4.78, 5) is 26.0. The summed E-state index contributed by atoms with van der Waals surface area (Å²) in [6.07, 6.45) is -2.46. The number of rotatable bonds is 12. The molecule has 246 valence electrons. The molecule has 0 aliphatic carbocycles. The number of H-pyrrole nitrogens is 1. The third kappa shape index (κ3) is 8.67. The van der Waals surface area contributed by atoms with Crippen LogP contribution in [-0.4, -0.2) is 55.1 Å².